The SMILES string of the molecule is COc1ccc(C2=NN(C(=O)CSc3nnc4[nH]c(=O)cc(C)n34)C(c3ccc(F)cc3)C2)cc1. The third-order valence-corrected chi connectivity index (χ3v) is 6.64. The predicted molar refractivity (Wildman–Crippen MR) is 129 cm³/mol. The summed E-state index contributed by atoms with van der Waals surface area (Å²) < 4.78 is 20.5. The van der Waals surface area contributed by atoms with Gasteiger partial charge in [0.25, 0.3) is 11.5 Å². The lowest BCUT2D eigenvalue weighted by atomic mass is 9.98. The van der Waals surface area contributed by atoms with Gasteiger partial charge in [-0.1, -0.05) is 23.9 Å². The first kappa shape index (κ1) is 22.8. The number of amides is 1. The van der Waals surface area contributed by atoms with Crippen LogP contribution in [0.1, 0.15) is 29.3 Å². The van der Waals surface area contributed by atoms with E-state index in [1.54, 1.807) is 30.6 Å². The normalized spacial score (nSPS) is 15.5. The number of methoxy groups -OCH3 is 1. The molecule has 9 nitrogen and oxygen atoms in total. The summed E-state index contributed by atoms with van der Waals surface area (Å²) in [7, 11) is 1.60. The quantitative estimate of drug-likeness (QED) is 0.414. The van der Waals surface area contributed by atoms with Gasteiger partial charge in [-0.05, 0) is 54.4 Å². The number of aromatic amines is 1. The van der Waals surface area contributed by atoms with E-state index in [0.29, 0.717) is 23.0 Å². The van der Waals surface area contributed by atoms with Crippen molar-refractivity contribution in [1.29, 1.82) is 0 Å². The van der Waals surface area contributed by atoms with Crippen molar-refractivity contribution < 1.29 is 13.9 Å². The number of carbonyl (C=O) groups is 1. The summed E-state index contributed by atoms with van der Waals surface area (Å²) in [4.78, 5) is 27.6. The first-order valence-corrected chi connectivity index (χ1v) is 11.8. The maximum absolute atomic E-state index is 13.5. The van der Waals surface area contributed by atoms with Crippen LogP contribution in [0.3, 0.4) is 0 Å². The second kappa shape index (κ2) is 9.34. The number of fused-ring (bicyclic) bond motifs is 1. The van der Waals surface area contributed by atoms with E-state index in [1.165, 1.54) is 35.0 Å². The zero-order valence-corrected chi connectivity index (χ0v) is 19.8. The van der Waals surface area contributed by atoms with Gasteiger partial charge >= 0.3 is 0 Å². The molecule has 1 atom stereocenters. The van der Waals surface area contributed by atoms with Crippen LogP contribution < -0.4 is 10.3 Å². The molecule has 0 fully saturated rings. The summed E-state index contributed by atoms with van der Waals surface area (Å²) in [5, 5.41) is 14.7. The molecule has 1 unspecified atom stereocenters. The zero-order valence-electron chi connectivity index (χ0n) is 18.9. The van der Waals surface area contributed by atoms with Gasteiger partial charge in [0.15, 0.2) is 5.16 Å². The highest BCUT2D eigenvalue weighted by molar-refractivity contribution is 7.99. The molecular weight excluding hydrogens is 471 g/mol. The van der Waals surface area contributed by atoms with Gasteiger partial charge in [-0.15, -0.1) is 10.2 Å². The Hall–Kier alpha value is -3.99. The molecule has 0 radical (unpaired) electrons. The second-order valence-corrected chi connectivity index (χ2v) is 8.93. The second-order valence-electron chi connectivity index (χ2n) is 7.99. The molecule has 0 bridgehead atoms. The van der Waals surface area contributed by atoms with Crippen LogP contribution in [0.15, 0.2) is 69.6 Å². The van der Waals surface area contributed by atoms with Gasteiger partial charge in [-0.25, -0.2) is 9.40 Å². The number of nitrogens with one attached hydrogen (secondary N) is 1. The molecule has 0 saturated carbocycles. The number of hydrazone groups is 1. The van der Waals surface area contributed by atoms with Gasteiger partial charge < -0.3 is 4.74 Å². The Bertz CT molecular complexity index is 1480. The van der Waals surface area contributed by atoms with Crippen LogP contribution in [0.25, 0.3) is 5.78 Å². The van der Waals surface area contributed by atoms with Crippen molar-refractivity contribution in [3.63, 3.8) is 0 Å². The van der Waals surface area contributed by atoms with E-state index in [2.05, 4.69) is 20.3 Å². The number of aryl methyl sites for hydroxylation is 1. The molecule has 0 spiro atoms. The Labute approximate surface area is 203 Å². The van der Waals surface area contributed by atoms with Crippen molar-refractivity contribution >= 4 is 29.2 Å². The molecule has 1 aliphatic heterocycles. The number of ether oxygens (including phenoxy) is 1. The largest absolute Gasteiger partial charge is 0.497 e. The zero-order chi connectivity index (χ0) is 24.5. The maximum Gasteiger partial charge on any atom is 0.253 e. The van der Waals surface area contributed by atoms with Crippen LogP contribution in [0.2, 0.25) is 0 Å². The number of H-pyrrole nitrogens is 1. The topological polar surface area (TPSA) is 105 Å². The Morgan fingerprint density at radius 1 is 1.17 bits per heavy atom. The summed E-state index contributed by atoms with van der Waals surface area (Å²) in [6.45, 7) is 1.77. The highest BCUT2D eigenvalue weighted by Gasteiger charge is 2.33. The maximum atomic E-state index is 13.5. The van der Waals surface area contributed by atoms with Gasteiger partial charge in [-0.2, -0.15) is 5.10 Å². The van der Waals surface area contributed by atoms with Crippen molar-refractivity contribution in [2.24, 2.45) is 5.10 Å². The average Bonchev–Trinajstić information content (AvgIpc) is 3.48. The molecule has 35 heavy (non-hydrogen) atoms. The molecule has 1 N–H and O–H groups in total. The molecule has 4 aromatic rings. The molecule has 2 aromatic carbocycles. The van der Waals surface area contributed by atoms with Crippen LogP contribution in [0, 0.1) is 12.7 Å². The molecule has 11 heteroatoms. The van der Waals surface area contributed by atoms with Crippen molar-refractivity contribution in [2.75, 3.05) is 12.9 Å². The highest BCUT2D eigenvalue weighted by atomic mass is 32.2. The van der Waals surface area contributed by atoms with E-state index in [-0.39, 0.29) is 29.1 Å². The smallest absolute Gasteiger partial charge is 0.253 e. The Morgan fingerprint density at radius 2 is 1.91 bits per heavy atom. The highest BCUT2D eigenvalue weighted by Crippen LogP contribution is 2.34. The van der Waals surface area contributed by atoms with Gasteiger partial charge in [-0.3, -0.25) is 19.0 Å². The van der Waals surface area contributed by atoms with Crippen molar-refractivity contribution in [2.45, 2.75) is 24.5 Å². The molecule has 178 valence electrons. The van der Waals surface area contributed by atoms with E-state index in [4.69, 9.17) is 4.74 Å². The fourth-order valence-electron chi connectivity index (χ4n) is 4.00. The summed E-state index contributed by atoms with van der Waals surface area (Å²) >= 11 is 1.20. The van der Waals surface area contributed by atoms with Gasteiger partial charge in [0.05, 0.1) is 24.6 Å². The van der Waals surface area contributed by atoms with Crippen LogP contribution in [-0.2, 0) is 4.79 Å². The fraction of sp³-hybridized carbons (Fsp3) is 0.208. The minimum absolute atomic E-state index is 0.0520. The molecule has 3 heterocycles. The fourth-order valence-corrected chi connectivity index (χ4v) is 4.84. The number of nitrogens with zero attached hydrogens (tertiary/aromatic N) is 5. The molecule has 1 amide bonds. The Kier molecular flexibility index (Phi) is 6.08. The van der Waals surface area contributed by atoms with E-state index in [9.17, 15) is 14.0 Å². The van der Waals surface area contributed by atoms with E-state index in [1.807, 2.05) is 24.3 Å². The number of hydrogen-bond acceptors (Lipinski definition) is 7. The average molecular weight is 493 g/mol. The van der Waals surface area contributed by atoms with Crippen LogP contribution >= 0.6 is 11.8 Å². The van der Waals surface area contributed by atoms with Gasteiger partial charge in [0.2, 0.25) is 5.78 Å². The monoisotopic (exact) mass is 492 g/mol. The van der Waals surface area contributed by atoms with Crippen LogP contribution in [0.5, 0.6) is 5.75 Å². The Morgan fingerprint density at radius 3 is 2.63 bits per heavy atom. The number of benzene rings is 2. The van der Waals surface area contributed by atoms with Crippen molar-refractivity contribution in [3.8, 4) is 5.75 Å². The molecule has 0 saturated heterocycles. The lowest BCUT2D eigenvalue weighted by molar-refractivity contribution is -0.130. The molecule has 1 aliphatic rings. The third kappa shape index (κ3) is 4.54. The van der Waals surface area contributed by atoms with Gasteiger partial charge in [0.1, 0.15) is 11.6 Å². The lowest BCUT2D eigenvalue weighted by Gasteiger charge is -2.21. The lowest BCUT2D eigenvalue weighted by Crippen LogP contribution is -2.28. The van der Waals surface area contributed by atoms with Crippen LogP contribution in [0.4, 0.5) is 4.39 Å². The minimum atomic E-state index is -0.367. The minimum Gasteiger partial charge on any atom is -0.497 e. The van der Waals surface area contributed by atoms with Gasteiger partial charge in [0, 0.05) is 18.2 Å². The summed E-state index contributed by atoms with van der Waals surface area (Å²) in [6.07, 6.45) is 0.489. The number of halogens is 1. The van der Waals surface area contributed by atoms with Crippen molar-refractivity contribution in [1.82, 2.24) is 24.6 Å². The molecule has 2 aromatic heterocycles. The van der Waals surface area contributed by atoms with E-state index >= 15 is 0 Å². The molecule has 0 aliphatic carbocycles. The molecule has 5 rings (SSSR count). The standard InChI is InChI=1S/C24H21FN6O3S/c1-14-11-21(32)26-23-27-28-24(30(14)23)35-13-22(33)31-20(16-3-7-17(25)8-4-16)12-19(29-31)15-5-9-18(34-2)10-6-15/h3-11,20H,12-13H2,1-2H3,(H,26,27,32). The third-order valence-electron chi connectivity index (χ3n) is 5.73. The number of thioether (sulfide) groups is 1. The predicted octanol–water partition coefficient (Wildman–Crippen LogP) is 3.34. The number of aromatic nitrogens is 4. The first-order valence-electron chi connectivity index (χ1n) is 10.8. The van der Waals surface area contributed by atoms with Crippen molar-refractivity contribution in [3.05, 3.63) is 87.6 Å². The van der Waals surface area contributed by atoms with E-state index in [0.717, 1.165) is 22.6 Å². The summed E-state index contributed by atoms with van der Waals surface area (Å²) in [5.74, 6) is 0.519. The number of carbonyl (C=O) groups excluding carboxylic acids is 1. The number of hydrogen-bond donors (Lipinski definition) is 1. The number of rotatable bonds is 6. The van der Waals surface area contributed by atoms with E-state index < -0.39 is 0 Å². The van der Waals surface area contributed by atoms with Crippen LogP contribution in [-0.4, -0.2) is 49.1 Å². The first-order chi connectivity index (χ1) is 16.9. The molecular formula is C24H21FN6O3S. The summed E-state index contributed by atoms with van der Waals surface area (Å²) in [5.41, 5.74) is 2.81. The summed E-state index contributed by atoms with van der Waals surface area (Å²) in [6, 6.07) is 14.7. The Balaban J connectivity index is 1.41.